The summed E-state index contributed by atoms with van der Waals surface area (Å²) in [5.74, 6) is 0. The van der Waals surface area contributed by atoms with E-state index in [4.69, 9.17) is 4.42 Å². The normalized spacial score (nSPS) is 13.6. The van der Waals surface area contributed by atoms with E-state index in [9.17, 15) is 0 Å². The Morgan fingerprint density at radius 2 is 1.22 bits per heavy atom. The zero-order chi connectivity index (χ0) is 30.6. The van der Waals surface area contributed by atoms with Crippen LogP contribution in [-0.4, -0.2) is 0 Å². The van der Waals surface area contributed by atoms with Gasteiger partial charge in [-0.2, -0.15) is 0 Å². The molecule has 2 heterocycles. The fraction of sp³-hybridized carbons (Fsp3) is 0.0698. The van der Waals surface area contributed by atoms with Gasteiger partial charge in [-0.15, -0.1) is 11.3 Å². The van der Waals surface area contributed by atoms with Gasteiger partial charge in [0.1, 0.15) is 11.2 Å². The van der Waals surface area contributed by atoms with Crippen LogP contribution in [0.2, 0.25) is 0 Å². The van der Waals surface area contributed by atoms with Gasteiger partial charge < -0.3 is 9.32 Å². The first-order valence-electron chi connectivity index (χ1n) is 15.8. The third-order valence-electron chi connectivity index (χ3n) is 10.0. The molecule has 0 aliphatic heterocycles. The zero-order valence-electron chi connectivity index (χ0n) is 25.5. The molecule has 0 atom stereocenters. The van der Waals surface area contributed by atoms with Gasteiger partial charge in [0.2, 0.25) is 0 Å². The Morgan fingerprint density at radius 3 is 2.09 bits per heavy atom. The van der Waals surface area contributed by atoms with E-state index in [1.54, 1.807) is 0 Å². The second-order valence-corrected chi connectivity index (χ2v) is 14.0. The summed E-state index contributed by atoms with van der Waals surface area (Å²) < 4.78 is 9.22. The molecule has 10 rings (SSSR count). The predicted molar refractivity (Wildman–Crippen MR) is 196 cm³/mol. The van der Waals surface area contributed by atoms with Crippen LogP contribution in [0.4, 0.5) is 17.1 Å². The standard InChI is InChI=1S/C43H29NOS/c1-43(2)36-15-9-8-14-31(36)34-24-29(17-20-37(34)43)44(28-12-4-3-5-13-28)30-16-18-33-39(25-30)45-38-21-19-32-35-22-26-10-6-7-11-27(26)23-40(35)46-42(32)41(33)38/h3-25H,1-2H3. The molecule has 0 amide bonds. The van der Waals surface area contributed by atoms with Gasteiger partial charge in [0.05, 0.1) is 0 Å². The highest BCUT2D eigenvalue weighted by Crippen LogP contribution is 2.51. The molecule has 46 heavy (non-hydrogen) atoms. The van der Waals surface area contributed by atoms with Crippen molar-refractivity contribution in [3.05, 3.63) is 151 Å². The zero-order valence-corrected chi connectivity index (χ0v) is 26.4. The first-order valence-corrected chi connectivity index (χ1v) is 16.7. The van der Waals surface area contributed by atoms with Crippen molar-refractivity contribution >= 4 is 81.3 Å². The topological polar surface area (TPSA) is 16.4 Å². The Hall–Kier alpha value is -5.38. The van der Waals surface area contributed by atoms with Crippen molar-refractivity contribution in [2.75, 3.05) is 4.90 Å². The summed E-state index contributed by atoms with van der Waals surface area (Å²) in [4.78, 5) is 2.35. The SMILES string of the molecule is CC1(C)c2ccccc2-c2cc(N(c3ccccc3)c3ccc4c(c3)oc3ccc5c6cc7ccccc7cc6sc5c34)ccc21. The lowest BCUT2D eigenvalue weighted by Crippen LogP contribution is -2.15. The van der Waals surface area contributed by atoms with Crippen LogP contribution in [0.25, 0.3) is 64.0 Å². The van der Waals surface area contributed by atoms with Crippen LogP contribution in [0.15, 0.2) is 144 Å². The molecular formula is C43H29NOS. The lowest BCUT2D eigenvalue weighted by Gasteiger charge is -2.27. The van der Waals surface area contributed by atoms with Gasteiger partial charge in [0.15, 0.2) is 0 Å². The van der Waals surface area contributed by atoms with Crippen molar-refractivity contribution in [1.29, 1.82) is 0 Å². The van der Waals surface area contributed by atoms with Crippen molar-refractivity contribution in [3.63, 3.8) is 0 Å². The van der Waals surface area contributed by atoms with E-state index in [-0.39, 0.29) is 5.41 Å². The first-order chi connectivity index (χ1) is 22.5. The number of hydrogen-bond donors (Lipinski definition) is 0. The molecule has 7 aromatic carbocycles. The molecule has 218 valence electrons. The summed E-state index contributed by atoms with van der Waals surface area (Å²) in [6.07, 6.45) is 0. The smallest absolute Gasteiger partial charge is 0.137 e. The molecule has 2 nitrogen and oxygen atoms in total. The van der Waals surface area contributed by atoms with Crippen LogP contribution in [-0.2, 0) is 5.41 Å². The first kappa shape index (κ1) is 25.9. The Balaban J connectivity index is 1.17. The number of furan rings is 1. The van der Waals surface area contributed by atoms with E-state index in [2.05, 4.69) is 158 Å². The Labute approximate surface area is 270 Å². The van der Waals surface area contributed by atoms with Gasteiger partial charge in [-0.1, -0.05) is 86.6 Å². The third-order valence-corrected chi connectivity index (χ3v) is 11.2. The second-order valence-electron chi connectivity index (χ2n) is 13.0. The summed E-state index contributed by atoms with van der Waals surface area (Å²) in [5.41, 5.74) is 10.5. The molecule has 0 spiro atoms. The number of rotatable bonds is 3. The number of benzene rings is 7. The quantitative estimate of drug-likeness (QED) is 0.199. The van der Waals surface area contributed by atoms with E-state index in [0.29, 0.717) is 0 Å². The highest BCUT2D eigenvalue weighted by Gasteiger charge is 2.35. The minimum atomic E-state index is -0.0279. The highest BCUT2D eigenvalue weighted by atomic mass is 32.1. The van der Waals surface area contributed by atoms with Crippen molar-refractivity contribution in [3.8, 4) is 11.1 Å². The lowest BCUT2D eigenvalue weighted by atomic mass is 9.82. The number of para-hydroxylation sites is 1. The maximum atomic E-state index is 6.62. The van der Waals surface area contributed by atoms with E-state index in [1.807, 2.05) is 11.3 Å². The molecule has 0 unspecified atom stereocenters. The Kier molecular flexibility index (Phi) is 5.25. The van der Waals surface area contributed by atoms with Gasteiger partial charge in [-0.25, -0.2) is 0 Å². The molecule has 2 aromatic heterocycles. The summed E-state index contributed by atoms with van der Waals surface area (Å²) in [7, 11) is 0. The molecule has 1 aliphatic rings. The second kappa shape index (κ2) is 9.32. The molecule has 0 N–H and O–H groups in total. The highest BCUT2D eigenvalue weighted by molar-refractivity contribution is 7.26. The summed E-state index contributed by atoms with van der Waals surface area (Å²) >= 11 is 1.86. The average molecular weight is 608 g/mol. The van der Waals surface area contributed by atoms with E-state index in [1.165, 1.54) is 58.6 Å². The minimum Gasteiger partial charge on any atom is -0.456 e. The van der Waals surface area contributed by atoms with E-state index < -0.39 is 0 Å². The fourth-order valence-corrected chi connectivity index (χ4v) is 9.06. The van der Waals surface area contributed by atoms with Crippen LogP contribution in [0.3, 0.4) is 0 Å². The van der Waals surface area contributed by atoms with Crippen LogP contribution in [0.1, 0.15) is 25.0 Å². The Bertz CT molecular complexity index is 2680. The largest absolute Gasteiger partial charge is 0.456 e. The number of nitrogens with zero attached hydrogens (tertiary/aromatic N) is 1. The fourth-order valence-electron chi connectivity index (χ4n) is 7.78. The van der Waals surface area contributed by atoms with Crippen molar-refractivity contribution < 1.29 is 4.42 Å². The van der Waals surface area contributed by atoms with E-state index >= 15 is 0 Å². The van der Waals surface area contributed by atoms with Crippen LogP contribution in [0.5, 0.6) is 0 Å². The molecule has 0 radical (unpaired) electrons. The number of fused-ring (bicyclic) bond motifs is 11. The lowest BCUT2D eigenvalue weighted by molar-refractivity contribution is 0.660. The molecule has 9 aromatic rings. The molecule has 1 aliphatic carbocycles. The third kappa shape index (κ3) is 3.58. The van der Waals surface area contributed by atoms with E-state index in [0.717, 1.165) is 33.6 Å². The van der Waals surface area contributed by atoms with Gasteiger partial charge in [0, 0.05) is 59.5 Å². The van der Waals surface area contributed by atoms with Crippen LogP contribution < -0.4 is 4.90 Å². The Morgan fingerprint density at radius 1 is 0.522 bits per heavy atom. The monoisotopic (exact) mass is 607 g/mol. The van der Waals surface area contributed by atoms with Crippen molar-refractivity contribution in [2.24, 2.45) is 0 Å². The molecule has 0 fully saturated rings. The van der Waals surface area contributed by atoms with Gasteiger partial charge in [-0.05, 0) is 93.7 Å². The number of hydrogen-bond acceptors (Lipinski definition) is 3. The minimum absolute atomic E-state index is 0.0279. The van der Waals surface area contributed by atoms with Crippen molar-refractivity contribution in [2.45, 2.75) is 19.3 Å². The average Bonchev–Trinajstić information content (AvgIpc) is 3.71. The molecule has 0 bridgehead atoms. The van der Waals surface area contributed by atoms with Crippen molar-refractivity contribution in [1.82, 2.24) is 0 Å². The number of thiophene rings is 1. The predicted octanol–water partition coefficient (Wildman–Crippen LogP) is 12.9. The number of anilines is 3. The van der Waals surface area contributed by atoms with Gasteiger partial charge in [0.25, 0.3) is 0 Å². The molecule has 0 saturated heterocycles. The maximum absolute atomic E-state index is 6.62. The van der Waals surface area contributed by atoms with Gasteiger partial charge in [-0.3, -0.25) is 0 Å². The summed E-state index contributed by atoms with van der Waals surface area (Å²) in [5, 5.41) is 7.50. The maximum Gasteiger partial charge on any atom is 0.137 e. The summed E-state index contributed by atoms with van der Waals surface area (Å²) in [6, 6.07) is 50.8. The van der Waals surface area contributed by atoms with Gasteiger partial charge >= 0.3 is 0 Å². The molecule has 0 saturated carbocycles. The molecular weight excluding hydrogens is 579 g/mol. The van der Waals surface area contributed by atoms with Crippen LogP contribution in [0, 0.1) is 0 Å². The van der Waals surface area contributed by atoms with Crippen LogP contribution >= 0.6 is 11.3 Å². The summed E-state index contributed by atoms with van der Waals surface area (Å²) in [6.45, 7) is 4.66. The molecule has 3 heteroatoms.